The lowest BCUT2D eigenvalue weighted by molar-refractivity contribution is 0.0600. The van der Waals surface area contributed by atoms with Crippen LogP contribution in [0.1, 0.15) is 21.6 Å². The molecule has 0 amide bonds. The van der Waals surface area contributed by atoms with Crippen LogP contribution in [0.4, 0.5) is 0 Å². The third kappa shape index (κ3) is 5.46. The van der Waals surface area contributed by atoms with Crippen LogP contribution in [-0.2, 0) is 27.7 Å². The molecule has 1 aromatic carbocycles. The van der Waals surface area contributed by atoms with Gasteiger partial charge in [0.1, 0.15) is 0 Å². The molecule has 6 nitrogen and oxygen atoms in total. The molecular weight excluding hydrogens is 316 g/mol. The second-order valence-electron chi connectivity index (χ2n) is 4.91. The van der Waals surface area contributed by atoms with Gasteiger partial charge in [0, 0.05) is 6.20 Å². The van der Waals surface area contributed by atoms with Gasteiger partial charge < -0.3 is 4.74 Å². The van der Waals surface area contributed by atoms with Gasteiger partial charge in [-0.05, 0) is 24.1 Å². The van der Waals surface area contributed by atoms with Gasteiger partial charge in [-0.15, -0.1) is 0 Å². The van der Waals surface area contributed by atoms with Crippen molar-refractivity contribution in [3.63, 3.8) is 0 Å². The molecule has 23 heavy (non-hydrogen) atoms. The number of carbonyl (C=O) groups excluding carboxylic acids is 1. The fourth-order valence-corrected chi connectivity index (χ4v) is 2.94. The van der Waals surface area contributed by atoms with Gasteiger partial charge in [-0.3, -0.25) is 4.98 Å². The first-order chi connectivity index (χ1) is 11.0. The smallest absolute Gasteiger partial charge is 0.339 e. The summed E-state index contributed by atoms with van der Waals surface area (Å²) in [5, 5.41) is 0. The highest BCUT2D eigenvalue weighted by atomic mass is 32.2. The SMILES string of the molecule is COC(=O)c1ccc(CNS(=O)(=O)CCc2ccccc2)nc1. The molecule has 2 rings (SSSR count). The van der Waals surface area contributed by atoms with Crippen LogP contribution in [0, 0.1) is 0 Å². The van der Waals surface area contributed by atoms with Crippen molar-refractivity contribution in [1.29, 1.82) is 0 Å². The van der Waals surface area contributed by atoms with Crippen LogP contribution in [0.15, 0.2) is 48.7 Å². The van der Waals surface area contributed by atoms with Crippen molar-refractivity contribution in [2.45, 2.75) is 13.0 Å². The van der Waals surface area contributed by atoms with Crippen molar-refractivity contribution >= 4 is 16.0 Å². The second-order valence-corrected chi connectivity index (χ2v) is 6.83. The van der Waals surface area contributed by atoms with Gasteiger partial charge in [0.15, 0.2) is 0 Å². The van der Waals surface area contributed by atoms with E-state index in [-0.39, 0.29) is 12.3 Å². The summed E-state index contributed by atoms with van der Waals surface area (Å²) in [6.07, 6.45) is 1.81. The number of nitrogens with zero attached hydrogens (tertiary/aromatic N) is 1. The van der Waals surface area contributed by atoms with E-state index in [2.05, 4.69) is 14.4 Å². The Morgan fingerprint density at radius 1 is 1.17 bits per heavy atom. The van der Waals surface area contributed by atoms with E-state index in [4.69, 9.17) is 0 Å². The number of aryl methyl sites for hydroxylation is 1. The van der Waals surface area contributed by atoms with Crippen molar-refractivity contribution in [2.75, 3.05) is 12.9 Å². The second kappa shape index (κ2) is 7.85. The third-order valence-electron chi connectivity index (χ3n) is 3.22. The van der Waals surface area contributed by atoms with Crippen LogP contribution >= 0.6 is 0 Å². The van der Waals surface area contributed by atoms with Crippen molar-refractivity contribution in [3.8, 4) is 0 Å². The molecule has 2 aromatic rings. The maximum atomic E-state index is 12.0. The number of aromatic nitrogens is 1. The molecule has 0 radical (unpaired) electrons. The average Bonchev–Trinajstić information content (AvgIpc) is 2.59. The lowest BCUT2D eigenvalue weighted by atomic mass is 10.2. The Kier molecular flexibility index (Phi) is 5.84. The molecule has 1 N–H and O–H groups in total. The van der Waals surface area contributed by atoms with Gasteiger partial charge >= 0.3 is 5.97 Å². The number of hydrogen-bond donors (Lipinski definition) is 1. The van der Waals surface area contributed by atoms with E-state index in [1.54, 1.807) is 12.1 Å². The summed E-state index contributed by atoms with van der Waals surface area (Å²) < 4.78 is 31.0. The summed E-state index contributed by atoms with van der Waals surface area (Å²) in [7, 11) is -2.10. The van der Waals surface area contributed by atoms with Crippen LogP contribution in [0.25, 0.3) is 0 Å². The van der Waals surface area contributed by atoms with E-state index < -0.39 is 16.0 Å². The standard InChI is InChI=1S/C16H18N2O4S/c1-22-16(19)14-7-8-15(17-11-14)12-18-23(20,21)10-9-13-5-3-2-4-6-13/h2-8,11,18H,9-10,12H2,1H3. The maximum Gasteiger partial charge on any atom is 0.339 e. The number of esters is 1. The van der Waals surface area contributed by atoms with E-state index in [0.717, 1.165) is 5.56 Å². The first kappa shape index (κ1) is 17.1. The zero-order valence-corrected chi connectivity index (χ0v) is 13.5. The van der Waals surface area contributed by atoms with E-state index >= 15 is 0 Å². The molecule has 0 saturated heterocycles. The molecule has 0 aliphatic heterocycles. The molecule has 0 atom stereocenters. The summed E-state index contributed by atoms with van der Waals surface area (Å²) in [5.41, 5.74) is 1.82. The summed E-state index contributed by atoms with van der Waals surface area (Å²) in [6.45, 7) is 0.0819. The molecule has 0 saturated carbocycles. The highest BCUT2D eigenvalue weighted by Gasteiger charge is 2.11. The van der Waals surface area contributed by atoms with Gasteiger partial charge in [0.05, 0.1) is 30.7 Å². The summed E-state index contributed by atoms with van der Waals surface area (Å²) in [4.78, 5) is 15.3. The predicted octanol–water partition coefficient (Wildman–Crippen LogP) is 1.53. The predicted molar refractivity (Wildman–Crippen MR) is 86.3 cm³/mol. The number of nitrogens with one attached hydrogen (secondary N) is 1. The Labute approximate surface area is 135 Å². The Balaban J connectivity index is 1.87. The molecule has 0 bridgehead atoms. The molecule has 1 heterocycles. The fraction of sp³-hybridized carbons (Fsp3) is 0.250. The number of carbonyl (C=O) groups is 1. The number of methoxy groups -OCH3 is 1. The van der Waals surface area contributed by atoms with Crippen LogP contribution in [0.2, 0.25) is 0 Å². The maximum absolute atomic E-state index is 12.0. The molecular formula is C16H18N2O4S. The van der Waals surface area contributed by atoms with Gasteiger partial charge in [0.25, 0.3) is 0 Å². The molecule has 0 aliphatic rings. The first-order valence-electron chi connectivity index (χ1n) is 7.05. The molecule has 0 aliphatic carbocycles. The Bertz CT molecular complexity index is 743. The highest BCUT2D eigenvalue weighted by molar-refractivity contribution is 7.89. The summed E-state index contributed by atoms with van der Waals surface area (Å²) in [5.74, 6) is -0.468. The Morgan fingerprint density at radius 3 is 2.52 bits per heavy atom. The minimum atomic E-state index is -3.39. The van der Waals surface area contributed by atoms with E-state index in [9.17, 15) is 13.2 Å². The molecule has 1 aromatic heterocycles. The number of rotatable bonds is 7. The largest absolute Gasteiger partial charge is 0.465 e. The topological polar surface area (TPSA) is 85.4 Å². The van der Waals surface area contributed by atoms with E-state index in [0.29, 0.717) is 17.7 Å². The van der Waals surface area contributed by atoms with Gasteiger partial charge in [-0.2, -0.15) is 0 Å². The first-order valence-corrected chi connectivity index (χ1v) is 8.70. The Morgan fingerprint density at radius 2 is 1.91 bits per heavy atom. The minimum Gasteiger partial charge on any atom is -0.465 e. The summed E-state index contributed by atoms with van der Waals surface area (Å²) >= 11 is 0. The third-order valence-corrected chi connectivity index (χ3v) is 4.55. The molecule has 122 valence electrons. The van der Waals surface area contributed by atoms with Crippen molar-refractivity contribution in [1.82, 2.24) is 9.71 Å². The molecule has 0 spiro atoms. The summed E-state index contributed by atoms with van der Waals surface area (Å²) in [6, 6.07) is 12.6. The van der Waals surface area contributed by atoms with Gasteiger partial charge in [-0.1, -0.05) is 30.3 Å². The lowest BCUT2D eigenvalue weighted by Gasteiger charge is -2.07. The molecule has 0 fully saturated rings. The lowest BCUT2D eigenvalue weighted by Crippen LogP contribution is -2.27. The zero-order chi connectivity index (χ0) is 16.7. The van der Waals surface area contributed by atoms with Crippen molar-refractivity contribution in [3.05, 3.63) is 65.5 Å². The number of hydrogen-bond acceptors (Lipinski definition) is 5. The van der Waals surface area contributed by atoms with E-state index in [1.807, 2.05) is 30.3 Å². The number of pyridine rings is 1. The average molecular weight is 334 g/mol. The van der Waals surface area contributed by atoms with Gasteiger partial charge in [-0.25, -0.2) is 17.9 Å². The van der Waals surface area contributed by atoms with Crippen LogP contribution in [0.5, 0.6) is 0 Å². The quantitative estimate of drug-likeness (QED) is 0.776. The van der Waals surface area contributed by atoms with Crippen molar-refractivity contribution < 1.29 is 17.9 Å². The monoisotopic (exact) mass is 334 g/mol. The molecule has 7 heteroatoms. The Hall–Kier alpha value is -2.25. The minimum absolute atomic E-state index is 0.0112. The van der Waals surface area contributed by atoms with Gasteiger partial charge in [0.2, 0.25) is 10.0 Å². The van der Waals surface area contributed by atoms with Crippen LogP contribution < -0.4 is 4.72 Å². The zero-order valence-electron chi connectivity index (χ0n) is 12.7. The highest BCUT2D eigenvalue weighted by Crippen LogP contribution is 2.04. The number of sulfonamides is 1. The fourth-order valence-electron chi connectivity index (χ4n) is 1.92. The van der Waals surface area contributed by atoms with Crippen LogP contribution in [0.3, 0.4) is 0 Å². The number of ether oxygens (including phenoxy) is 1. The van der Waals surface area contributed by atoms with E-state index in [1.165, 1.54) is 13.3 Å². The van der Waals surface area contributed by atoms with Crippen LogP contribution in [-0.4, -0.2) is 32.2 Å². The van der Waals surface area contributed by atoms with Crippen molar-refractivity contribution in [2.24, 2.45) is 0 Å². The molecule has 0 unspecified atom stereocenters. The normalized spacial score (nSPS) is 11.2. The number of benzene rings is 1.